The Hall–Kier alpha value is -1.64. The molecule has 2 aliphatic heterocycles. The molecule has 1 amide bonds. The standard InChI is InChI=1S/C20H30N2O5S/c1-19(2,3)15-18(23)21-11-9-20(10-12-21)22(13-14-27-20)28(24,25)17-7-5-16(26-4)6-8-17/h5-8H,9-15H2,1-4H3. The molecule has 0 atom stereocenters. The molecule has 3 rings (SSSR count). The first-order valence-electron chi connectivity index (χ1n) is 9.66. The third-order valence-electron chi connectivity index (χ3n) is 5.35. The molecule has 0 saturated carbocycles. The second-order valence-corrected chi connectivity index (χ2v) is 10.5. The predicted octanol–water partition coefficient (Wildman–Crippen LogP) is 2.47. The Bertz CT molecular complexity index is 806. The number of amides is 1. The molecule has 156 valence electrons. The number of rotatable bonds is 4. The fraction of sp³-hybridized carbons (Fsp3) is 0.650. The Labute approximate surface area is 167 Å². The van der Waals surface area contributed by atoms with E-state index >= 15 is 0 Å². The van der Waals surface area contributed by atoms with Crippen molar-refractivity contribution in [2.45, 2.75) is 50.7 Å². The summed E-state index contributed by atoms with van der Waals surface area (Å²) in [6.07, 6.45) is 1.45. The Kier molecular flexibility index (Phi) is 5.76. The van der Waals surface area contributed by atoms with Gasteiger partial charge >= 0.3 is 0 Å². The van der Waals surface area contributed by atoms with Crippen molar-refractivity contribution in [2.75, 3.05) is 33.4 Å². The highest BCUT2D eigenvalue weighted by Gasteiger charge is 2.51. The molecule has 28 heavy (non-hydrogen) atoms. The molecule has 8 heteroatoms. The molecular formula is C20H30N2O5S. The maximum Gasteiger partial charge on any atom is 0.245 e. The minimum Gasteiger partial charge on any atom is -0.497 e. The second kappa shape index (κ2) is 7.65. The van der Waals surface area contributed by atoms with E-state index in [9.17, 15) is 13.2 Å². The van der Waals surface area contributed by atoms with Gasteiger partial charge in [0.1, 0.15) is 11.5 Å². The van der Waals surface area contributed by atoms with Crippen molar-refractivity contribution in [2.24, 2.45) is 5.41 Å². The molecule has 2 fully saturated rings. The molecule has 7 nitrogen and oxygen atoms in total. The van der Waals surface area contributed by atoms with Crippen molar-refractivity contribution < 1.29 is 22.7 Å². The van der Waals surface area contributed by atoms with Crippen molar-refractivity contribution in [3.05, 3.63) is 24.3 Å². The van der Waals surface area contributed by atoms with Gasteiger partial charge in [-0.2, -0.15) is 4.31 Å². The molecule has 2 aliphatic rings. The van der Waals surface area contributed by atoms with Gasteiger partial charge in [0.25, 0.3) is 0 Å². The lowest BCUT2D eigenvalue weighted by Gasteiger charge is -2.43. The number of carbonyl (C=O) groups excluding carboxylic acids is 1. The molecule has 0 N–H and O–H groups in total. The zero-order chi connectivity index (χ0) is 20.6. The summed E-state index contributed by atoms with van der Waals surface area (Å²) >= 11 is 0. The lowest BCUT2D eigenvalue weighted by molar-refractivity contribution is -0.141. The zero-order valence-electron chi connectivity index (χ0n) is 17.1. The summed E-state index contributed by atoms with van der Waals surface area (Å²) in [6, 6.07) is 6.40. The molecule has 1 aromatic carbocycles. The Morgan fingerprint density at radius 2 is 1.75 bits per heavy atom. The second-order valence-electron chi connectivity index (χ2n) is 8.67. The molecule has 0 unspecified atom stereocenters. The van der Waals surface area contributed by atoms with Gasteiger partial charge < -0.3 is 14.4 Å². The van der Waals surface area contributed by atoms with E-state index in [1.807, 2.05) is 25.7 Å². The average Bonchev–Trinajstić information content (AvgIpc) is 3.04. The quantitative estimate of drug-likeness (QED) is 0.762. The van der Waals surface area contributed by atoms with Crippen LogP contribution in [0.25, 0.3) is 0 Å². The van der Waals surface area contributed by atoms with Crippen LogP contribution in [0, 0.1) is 5.41 Å². The molecule has 1 spiro atoms. The Morgan fingerprint density at radius 3 is 2.29 bits per heavy atom. The van der Waals surface area contributed by atoms with Crippen LogP contribution in [-0.4, -0.2) is 62.6 Å². The van der Waals surface area contributed by atoms with Gasteiger partial charge in [0.15, 0.2) is 0 Å². The highest BCUT2D eigenvalue weighted by atomic mass is 32.2. The summed E-state index contributed by atoms with van der Waals surface area (Å²) in [7, 11) is -2.15. The van der Waals surface area contributed by atoms with E-state index in [-0.39, 0.29) is 16.2 Å². The van der Waals surface area contributed by atoms with Crippen LogP contribution >= 0.6 is 0 Å². The van der Waals surface area contributed by atoms with Gasteiger partial charge in [-0.25, -0.2) is 8.42 Å². The highest BCUT2D eigenvalue weighted by molar-refractivity contribution is 7.89. The summed E-state index contributed by atoms with van der Waals surface area (Å²) in [5.74, 6) is 0.724. The van der Waals surface area contributed by atoms with Crippen molar-refractivity contribution in [1.82, 2.24) is 9.21 Å². The lowest BCUT2D eigenvalue weighted by Crippen LogP contribution is -2.55. The average molecular weight is 411 g/mol. The molecule has 2 heterocycles. The van der Waals surface area contributed by atoms with Gasteiger partial charge in [-0.05, 0) is 29.7 Å². The number of methoxy groups -OCH3 is 1. The van der Waals surface area contributed by atoms with Crippen LogP contribution in [0.15, 0.2) is 29.2 Å². The minimum absolute atomic E-state index is 0.0696. The molecule has 1 aromatic rings. The largest absolute Gasteiger partial charge is 0.497 e. The van der Waals surface area contributed by atoms with E-state index in [2.05, 4.69) is 0 Å². The Balaban J connectivity index is 1.75. The number of carbonyl (C=O) groups is 1. The van der Waals surface area contributed by atoms with Crippen molar-refractivity contribution in [1.29, 1.82) is 0 Å². The first kappa shape index (κ1) is 21.1. The van der Waals surface area contributed by atoms with Crippen LogP contribution < -0.4 is 4.74 Å². The topological polar surface area (TPSA) is 76.2 Å². The van der Waals surface area contributed by atoms with Gasteiger partial charge in [0.2, 0.25) is 15.9 Å². The lowest BCUT2D eigenvalue weighted by atomic mass is 9.91. The van der Waals surface area contributed by atoms with E-state index in [0.717, 1.165) is 0 Å². The summed E-state index contributed by atoms with van der Waals surface area (Å²) in [5, 5.41) is 0. The normalized spacial score (nSPS) is 20.5. The SMILES string of the molecule is COc1ccc(S(=O)(=O)N2CCOC23CCN(C(=O)CC(C)(C)C)CC3)cc1. The number of hydrogen-bond acceptors (Lipinski definition) is 5. The summed E-state index contributed by atoms with van der Waals surface area (Å²) in [5.41, 5.74) is -0.933. The number of ether oxygens (including phenoxy) is 2. The van der Waals surface area contributed by atoms with Crippen LogP contribution in [0.2, 0.25) is 0 Å². The molecule has 0 aromatic heterocycles. The van der Waals surface area contributed by atoms with E-state index in [1.54, 1.807) is 31.4 Å². The number of nitrogens with zero attached hydrogens (tertiary/aromatic N) is 2. The molecule has 0 radical (unpaired) electrons. The van der Waals surface area contributed by atoms with Crippen LogP contribution in [0.4, 0.5) is 0 Å². The van der Waals surface area contributed by atoms with E-state index in [0.29, 0.717) is 51.3 Å². The summed E-state index contributed by atoms with van der Waals surface area (Å²) in [6.45, 7) is 7.82. The third kappa shape index (κ3) is 4.18. The van der Waals surface area contributed by atoms with Crippen LogP contribution in [0.1, 0.15) is 40.0 Å². The molecular weight excluding hydrogens is 380 g/mol. The molecule has 2 saturated heterocycles. The van der Waals surface area contributed by atoms with Gasteiger partial charge in [0.05, 0.1) is 18.6 Å². The van der Waals surface area contributed by atoms with E-state index in [4.69, 9.17) is 9.47 Å². The fourth-order valence-corrected chi connectivity index (χ4v) is 5.60. The molecule has 0 aliphatic carbocycles. The first-order chi connectivity index (χ1) is 13.1. The molecule has 0 bridgehead atoms. The predicted molar refractivity (Wildman–Crippen MR) is 105 cm³/mol. The monoisotopic (exact) mass is 410 g/mol. The van der Waals surface area contributed by atoms with Gasteiger partial charge in [-0.3, -0.25) is 4.79 Å². The maximum atomic E-state index is 13.2. The number of benzene rings is 1. The number of hydrogen-bond donors (Lipinski definition) is 0. The number of sulfonamides is 1. The zero-order valence-corrected chi connectivity index (χ0v) is 17.9. The van der Waals surface area contributed by atoms with Gasteiger partial charge in [-0.1, -0.05) is 20.8 Å². The van der Waals surface area contributed by atoms with Gasteiger partial charge in [0, 0.05) is 38.9 Å². The van der Waals surface area contributed by atoms with Crippen molar-refractivity contribution >= 4 is 15.9 Å². The summed E-state index contributed by atoms with van der Waals surface area (Å²) in [4.78, 5) is 14.6. The highest BCUT2D eigenvalue weighted by Crippen LogP contribution is 2.38. The third-order valence-corrected chi connectivity index (χ3v) is 7.31. The van der Waals surface area contributed by atoms with Crippen LogP contribution in [0.5, 0.6) is 5.75 Å². The van der Waals surface area contributed by atoms with E-state index in [1.165, 1.54) is 4.31 Å². The Morgan fingerprint density at radius 1 is 1.14 bits per heavy atom. The minimum atomic E-state index is -3.69. The van der Waals surface area contributed by atoms with Gasteiger partial charge in [-0.15, -0.1) is 0 Å². The summed E-state index contributed by atoms with van der Waals surface area (Å²) < 4.78 is 39.0. The van der Waals surface area contributed by atoms with Crippen LogP contribution in [-0.2, 0) is 19.6 Å². The van der Waals surface area contributed by atoms with Crippen LogP contribution in [0.3, 0.4) is 0 Å². The smallest absolute Gasteiger partial charge is 0.245 e. The number of likely N-dealkylation sites (tertiary alicyclic amines) is 1. The first-order valence-corrected chi connectivity index (χ1v) is 11.1. The van der Waals surface area contributed by atoms with Crippen molar-refractivity contribution in [3.8, 4) is 5.75 Å². The van der Waals surface area contributed by atoms with Crippen molar-refractivity contribution in [3.63, 3.8) is 0 Å². The maximum absolute atomic E-state index is 13.2. The number of piperidine rings is 1. The fourth-order valence-electron chi connectivity index (χ4n) is 3.87. The van der Waals surface area contributed by atoms with E-state index < -0.39 is 15.7 Å².